The van der Waals surface area contributed by atoms with Crippen molar-refractivity contribution in [2.24, 2.45) is 21.1 Å². The Kier molecular flexibility index (Phi) is 14.3. The molecule has 1 unspecified atom stereocenters. The van der Waals surface area contributed by atoms with Gasteiger partial charge in [0.1, 0.15) is 8.07 Å². The van der Waals surface area contributed by atoms with Crippen LogP contribution in [0.1, 0.15) is 0 Å². The summed E-state index contributed by atoms with van der Waals surface area (Å²) < 4.78 is 6.95. The summed E-state index contributed by atoms with van der Waals surface area (Å²) in [7, 11) is 1.85. The van der Waals surface area contributed by atoms with Crippen LogP contribution in [0.2, 0.25) is 13.1 Å². The maximum absolute atomic E-state index is 2.51. The highest BCUT2D eigenvalue weighted by Crippen LogP contribution is 2.56. The van der Waals surface area contributed by atoms with Gasteiger partial charge in [-0.2, -0.15) is 0 Å². The molecule has 2 aliphatic rings. The Labute approximate surface area is 591 Å². The summed E-state index contributed by atoms with van der Waals surface area (Å²) in [5.41, 5.74) is 21.0. The van der Waals surface area contributed by atoms with Gasteiger partial charge >= 0.3 is 0 Å². The van der Waals surface area contributed by atoms with E-state index in [0.717, 1.165) is 0 Å². The molecule has 0 saturated heterocycles. The number of hydrogen-bond donors (Lipinski definition) is 0. The molecule has 0 amide bonds. The van der Waals surface area contributed by atoms with Crippen LogP contribution < -0.4 is 31.1 Å². The largest absolute Gasteiger partial charge is 0.344 e. The summed E-state index contributed by atoms with van der Waals surface area (Å²) in [6.45, 7) is 4.96. The van der Waals surface area contributed by atoms with E-state index >= 15 is 0 Å². The van der Waals surface area contributed by atoms with E-state index in [1.807, 2.05) is 0 Å². The Balaban J connectivity index is 0.000000106. The summed E-state index contributed by atoms with van der Waals surface area (Å²) in [6.07, 6.45) is 0. The van der Waals surface area contributed by atoms with Gasteiger partial charge in [0.15, 0.2) is 8.07 Å². The standard InChI is InChI=1S/C37H27NSi.C31H22NP.C27H23NSi/c1-38-34-18-10-8-16-30(34)31-22-20-26(24-35(31)38)27-21-23-33-32-17-9-11-19-36(32)39(37(33)25-27,28-12-4-2-5-13-28)29-14-6-3-7-15-29;1-32-28-13-7-5-11-24(28)25-17-15-21(19-29(25)32)22-16-18-27-26-12-6-8-14-30(26)33(31(27)20-22)23-9-3-2-4-10-23;1-28-24-10-6-4-8-20(24)21-14-12-18(16-25(21)28)19-13-15-23-22-9-5-7-11-26(22)29(2,3)27(23)17-19/h2-25H,1H3;2-20H,1H3;4-17H,1-3H3. The Morgan fingerprint density at radius 2 is 0.554 bits per heavy atom. The van der Waals surface area contributed by atoms with E-state index in [2.05, 4.69) is 394 Å². The van der Waals surface area contributed by atoms with Crippen LogP contribution in [-0.2, 0) is 21.1 Å². The average molecular weight is 1340 g/mol. The second kappa shape index (κ2) is 23.8. The van der Waals surface area contributed by atoms with Crippen molar-refractivity contribution in [2.75, 3.05) is 0 Å². The monoisotopic (exact) mass is 1340 g/mol. The first-order valence-corrected chi connectivity index (χ1v) is 41.6. The Morgan fingerprint density at radius 1 is 0.228 bits per heavy atom. The lowest BCUT2D eigenvalue weighted by molar-refractivity contribution is 1.01. The van der Waals surface area contributed by atoms with Crippen LogP contribution in [0.3, 0.4) is 0 Å². The van der Waals surface area contributed by atoms with Crippen LogP contribution >= 0.6 is 7.53 Å². The van der Waals surface area contributed by atoms with Crippen molar-refractivity contribution >= 4 is 141 Å². The van der Waals surface area contributed by atoms with Crippen molar-refractivity contribution in [3.63, 3.8) is 0 Å². The molecule has 101 heavy (non-hydrogen) atoms. The van der Waals surface area contributed by atoms with E-state index in [0.29, 0.717) is 0 Å². The number of para-hydroxylation sites is 3. The summed E-state index contributed by atoms with van der Waals surface area (Å²) in [5.74, 6) is 0. The van der Waals surface area contributed by atoms with Gasteiger partial charge in [-0.25, -0.2) is 0 Å². The minimum Gasteiger partial charge on any atom is -0.344 e. The van der Waals surface area contributed by atoms with Gasteiger partial charge in [-0.3, -0.25) is 0 Å². The van der Waals surface area contributed by atoms with E-state index in [1.165, 1.54) is 168 Å². The van der Waals surface area contributed by atoms with Crippen LogP contribution in [0.5, 0.6) is 0 Å². The molecule has 0 saturated carbocycles. The highest BCUT2D eigenvalue weighted by Gasteiger charge is 2.48. The van der Waals surface area contributed by atoms with Gasteiger partial charge in [0.2, 0.25) is 0 Å². The van der Waals surface area contributed by atoms with E-state index in [4.69, 9.17) is 0 Å². The first kappa shape index (κ1) is 60.6. The predicted octanol–water partition coefficient (Wildman–Crippen LogP) is 21.4. The van der Waals surface area contributed by atoms with Crippen molar-refractivity contribution in [3.8, 4) is 60.9 Å². The summed E-state index contributed by atoms with van der Waals surface area (Å²) in [5, 5.41) is 24.0. The summed E-state index contributed by atoms with van der Waals surface area (Å²) in [4.78, 5) is 0. The van der Waals surface area contributed by atoms with Crippen LogP contribution in [-0.4, -0.2) is 29.8 Å². The fraction of sp³-hybridized carbons (Fsp3) is 0.0526. The van der Waals surface area contributed by atoms with E-state index in [-0.39, 0.29) is 0 Å². The summed E-state index contributed by atoms with van der Waals surface area (Å²) >= 11 is 0. The minimum absolute atomic E-state index is 0.541. The molecular formula is C95H72N3PSi2. The maximum atomic E-state index is 2.51. The number of aryl methyl sites for hydroxylation is 3. The number of aromatic nitrogens is 3. The fourth-order valence-electron chi connectivity index (χ4n) is 17.5. The van der Waals surface area contributed by atoms with Gasteiger partial charge in [0.25, 0.3) is 0 Å². The first-order chi connectivity index (χ1) is 49.6. The quantitative estimate of drug-likeness (QED) is 0.147. The van der Waals surface area contributed by atoms with E-state index in [9.17, 15) is 0 Å². The van der Waals surface area contributed by atoms with Crippen LogP contribution in [0.25, 0.3) is 147 Å². The highest BCUT2D eigenvalue weighted by molar-refractivity contribution is 7.68. The molecule has 6 heterocycles. The van der Waals surface area contributed by atoms with Gasteiger partial charge in [-0.05, 0) is 145 Å². The Bertz CT molecular complexity index is 6490. The van der Waals surface area contributed by atoms with Crippen molar-refractivity contribution in [1.29, 1.82) is 0 Å². The molecule has 0 fully saturated rings. The molecule has 1 atom stereocenters. The van der Waals surface area contributed by atoms with Gasteiger partial charge < -0.3 is 13.7 Å². The first-order valence-electron chi connectivity index (χ1n) is 35.2. The van der Waals surface area contributed by atoms with Gasteiger partial charge in [-0.15, -0.1) is 0 Å². The number of rotatable bonds is 6. The average Bonchev–Trinajstić information content (AvgIpc) is 1.55. The molecule has 3 nitrogen and oxygen atoms in total. The van der Waals surface area contributed by atoms with Gasteiger partial charge in [-0.1, -0.05) is 324 Å². The molecular weight excluding hydrogens is 1270 g/mol. The van der Waals surface area contributed by atoms with Crippen molar-refractivity contribution in [3.05, 3.63) is 346 Å². The van der Waals surface area contributed by atoms with Crippen LogP contribution in [0.4, 0.5) is 0 Å². The van der Waals surface area contributed by atoms with Crippen LogP contribution in [0.15, 0.2) is 346 Å². The van der Waals surface area contributed by atoms with Gasteiger partial charge in [0, 0.05) is 96.8 Å². The molecule has 4 aromatic heterocycles. The third kappa shape index (κ3) is 9.45. The van der Waals surface area contributed by atoms with Crippen molar-refractivity contribution in [2.45, 2.75) is 13.1 Å². The zero-order valence-corrected chi connectivity index (χ0v) is 60.1. The number of nitrogens with zero attached hydrogens (tertiary/aromatic N) is 3. The third-order valence-corrected chi connectivity index (χ3v) is 33.4. The SMILES string of the molecule is Cn1c2ccccc2c2ccc(-c3ccc4c(c3)[Si](C)(C)c3ccccc3-4)cc21.Cn1c2ccccc2c2ccc(-c3ccc4c(c3)[Si](c3ccccc3)(c3ccccc3)c3ccccc3-4)cc21.Cn1c2ccccc2c2ccc(-c3ccc4c5ccccc5p(-c5ccccc5)c4c3)cc21. The number of hydrogen-bond acceptors (Lipinski definition) is 0. The zero-order chi connectivity index (χ0) is 67.7. The number of benzene rings is 15. The summed E-state index contributed by atoms with van der Waals surface area (Å²) in [6, 6.07) is 129. The third-order valence-electron chi connectivity index (χ3n) is 22.5. The molecule has 0 radical (unpaired) electrons. The van der Waals surface area contributed by atoms with E-state index < -0.39 is 23.7 Å². The van der Waals surface area contributed by atoms with Crippen molar-refractivity contribution in [1.82, 2.24) is 13.7 Å². The topological polar surface area (TPSA) is 14.8 Å². The lowest BCUT2D eigenvalue weighted by Gasteiger charge is -2.31. The molecule has 0 bridgehead atoms. The molecule has 0 aliphatic carbocycles. The molecule has 480 valence electrons. The minimum atomic E-state index is -2.49. The Hall–Kier alpha value is -11.6. The predicted molar refractivity (Wildman–Crippen MR) is 441 cm³/mol. The zero-order valence-electron chi connectivity index (χ0n) is 57.2. The molecule has 6 heteroatoms. The fourth-order valence-corrected chi connectivity index (χ4v) is 28.5. The molecule has 0 N–H and O–H groups in total. The molecule has 0 spiro atoms. The molecule has 2 aliphatic heterocycles. The van der Waals surface area contributed by atoms with Gasteiger partial charge in [0.05, 0.1) is 0 Å². The lowest BCUT2D eigenvalue weighted by Crippen LogP contribution is -2.72. The highest BCUT2D eigenvalue weighted by atomic mass is 31.1. The van der Waals surface area contributed by atoms with E-state index in [1.54, 1.807) is 10.4 Å². The van der Waals surface area contributed by atoms with Crippen LogP contribution in [0, 0.1) is 0 Å². The second-order valence-electron chi connectivity index (χ2n) is 28.1. The lowest BCUT2D eigenvalue weighted by atomic mass is 9.99. The number of fused-ring (bicyclic) bond motifs is 18. The molecule has 15 aromatic carbocycles. The second-order valence-corrected chi connectivity index (χ2v) is 38.3. The normalized spacial score (nSPS) is 13.3. The maximum Gasteiger partial charge on any atom is 0.180 e. The molecule has 19 aromatic rings. The molecule has 21 rings (SSSR count). The smallest absolute Gasteiger partial charge is 0.180 e. The van der Waals surface area contributed by atoms with Crippen molar-refractivity contribution < 1.29 is 0 Å². The Morgan fingerprint density at radius 3 is 1.06 bits per heavy atom.